The van der Waals surface area contributed by atoms with Gasteiger partial charge in [0.1, 0.15) is 15.4 Å². The van der Waals surface area contributed by atoms with Crippen molar-refractivity contribution in [3.63, 3.8) is 0 Å². The highest BCUT2D eigenvalue weighted by Gasteiger charge is 2.19. The van der Waals surface area contributed by atoms with Gasteiger partial charge in [-0.25, -0.2) is 9.78 Å². The molecule has 7 heteroatoms. The second-order valence-corrected chi connectivity index (χ2v) is 6.86. The van der Waals surface area contributed by atoms with E-state index in [9.17, 15) is 4.79 Å². The zero-order valence-electron chi connectivity index (χ0n) is 11.3. The lowest BCUT2D eigenvalue weighted by Crippen LogP contribution is -2.33. The maximum atomic E-state index is 12.2. The summed E-state index contributed by atoms with van der Waals surface area (Å²) in [6, 6.07) is 10.9. The van der Waals surface area contributed by atoms with Crippen molar-refractivity contribution in [1.29, 1.82) is 0 Å². The van der Waals surface area contributed by atoms with Crippen molar-refractivity contribution < 1.29 is 4.79 Å². The predicted octanol–water partition coefficient (Wildman–Crippen LogP) is 4.77. The van der Waals surface area contributed by atoms with Crippen LogP contribution in [0.1, 0.15) is 16.6 Å². The molecule has 1 aromatic carbocycles. The molecule has 0 aliphatic carbocycles. The molecule has 2 amide bonds. The van der Waals surface area contributed by atoms with Crippen molar-refractivity contribution in [2.75, 3.05) is 5.32 Å². The molecule has 0 saturated carbocycles. The highest BCUT2D eigenvalue weighted by Crippen LogP contribution is 2.28. The average molecular weight is 350 g/mol. The summed E-state index contributed by atoms with van der Waals surface area (Å²) in [6.45, 7) is 0. The first-order valence-electron chi connectivity index (χ1n) is 6.49. The van der Waals surface area contributed by atoms with Crippen LogP contribution in [0, 0.1) is 0 Å². The molecule has 3 rings (SSSR count). The van der Waals surface area contributed by atoms with Crippen molar-refractivity contribution in [2.24, 2.45) is 0 Å². The van der Waals surface area contributed by atoms with Gasteiger partial charge < -0.3 is 10.6 Å². The second-order valence-electron chi connectivity index (χ2n) is 4.42. The summed E-state index contributed by atoms with van der Waals surface area (Å²) in [4.78, 5) is 16.6. The Bertz CT molecular complexity index is 743. The van der Waals surface area contributed by atoms with Crippen molar-refractivity contribution in [3.8, 4) is 0 Å². The first kappa shape index (κ1) is 15.0. The lowest BCUT2D eigenvalue weighted by atomic mass is 10.1. The van der Waals surface area contributed by atoms with Gasteiger partial charge in [-0.05, 0) is 17.0 Å². The summed E-state index contributed by atoms with van der Waals surface area (Å²) in [5.41, 5.74) is 1.58. The number of benzene rings is 1. The second kappa shape index (κ2) is 6.91. The van der Waals surface area contributed by atoms with E-state index in [-0.39, 0.29) is 12.1 Å². The van der Waals surface area contributed by atoms with Crippen molar-refractivity contribution in [2.45, 2.75) is 6.04 Å². The fraction of sp³-hybridized carbons (Fsp3) is 0.0667. The van der Waals surface area contributed by atoms with Crippen LogP contribution in [0.15, 0.2) is 53.4 Å². The average Bonchev–Trinajstić information content (AvgIpc) is 3.18. The normalized spacial score (nSPS) is 11.9. The number of thiazole rings is 1. The van der Waals surface area contributed by atoms with Gasteiger partial charge in [-0.3, -0.25) is 0 Å². The van der Waals surface area contributed by atoms with Crippen LogP contribution < -0.4 is 10.6 Å². The SMILES string of the molecule is O=C(Nc1ccsc1Cl)NC(c1ccccc1)c1nccs1. The molecule has 4 nitrogen and oxygen atoms in total. The van der Waals surface area contributed by atoms with Gasteiger partial charge in [-0.2, -0.15) is 0 Å². The van der Waals surface area contributed by atoms with Gasteiger partial charge in [-0.1, -0.05) is 41.9 Å². The molecule has 22 heavy (non-hydrogen) atoms. The van der Waals surface area contributed by atoms with E-state index in [2.05, 4.69) is 15.6 Å². The molecule has 3 aromatic rings. The summed E-state index contributed by atoms with van der Waals surface area (Å²) in [7, 11) is 0. The molecule has 0 bridgehead atoms. The number of thiophene rings is 1. The predicted molar refractivity (Wildman–Crippen MR) is 91.9 cm³/mol. The van der Waals surface area contributed by atoms with Gasteiger partial charge in [0, 0.05) is 11.6 Å². The quantitative estimate of drug-likeness (QED) is 0.712. The molecule has 1 unspecified atom stereocenters. The van der Waals surface area contributed by atoms with E-state index in [1.54, 1.807) is 12.3 Å². The number of carbonyl (C=O) groups is 1. The van der Waals surface area contributed by atoms with Gasteiger partial charge in [0.15, 0.2) is 0 Å². The summed E-state index contributed by atoms with van der Waals surface area (Å²) in [6.07, 6.45) is 1.73. The minimum Gasteiger partial charge on any atom is -0.324 e. The molecule has 112 valence electrons. The van der Waals surface area contributed by atoms with Crippen LogP contribution in [0.4, 0.5) is 10.5 Å². The number of hydrogen-bond donors (Lipinski definition) is 2. The Labute approximate surface area is 140 Å². The molecule has 0 saturated heterocycles. The smallest absolute Gasteiger partial charge is 0.320 e. The number of urea groups is 1. The number of amides is 2. The Morgan fingerprint density at radius 2 is 1.95 bits per heavy atom. The van der Waals surface area contributed by atoms with Gasteiger partial charge in [0.25, 0.3) is 0 Å². The third kappa shape index (κ3) is 3.47. The summed E-state index contributed by atoms with van der Waals surface area (Å²) < 4.78 is 0.556. The molecule has 0 aliphatic heterocycles. The Morgan fingerprint density at radius 1 is 1.14 bits per heavy atom. The number of carbonyl (C=O) groups excluding carboxylic acids is 1. The number of halogens is 1. The fourth-order valence-electron chi connectivity index (χ4n) is 1.98. The topological polar surface area (TPSA) is 54.0 Å². The standard InChI is InChI=1S/C15H12ClN3OS2/c16-13-11(6-8-21-13)18-15(20)19-12(14-17-7-9-22-14)10-4-2-1-3-5-10/h1-9,12H,(H2,18,19,20). The van der Waals surface area contributed by atoms with E-state index in [0.717, 1.165) is 10.6 Å². The maximum absolute atomic E-state index is 12.2. The van der Waals surface area contributed by atoms with E-state index >= 15 is 0 Å². The van der Waals surface area contributed by atoms with Crippen molar-refractivity contribution in [1.82, 2.24) is 10.3 Å². The molecule has 2 heterocycles. The molecule has 0 spiro atoms. The molecular weight excluding hydrogens is 338 g/mol. The monoisotopic (exact) mass is 349 g/mol. The Morgan fingerprint density at radius 3 is 2.59 bits per heavy atom. The minimum absolute atomic E-state index is 0.293. The fourth-order valence-corrected chi connectivity index (χ4v) is 3.53. The van der Waals surface area contributed by atoms with Crippen LogP contribution in [0.3, 0.4) is 0 Å². The third-order valence-electron chi connectivity index (χ3n) is 2.97. The van der Waals surface area contributed by atoms with Gasteiger partial charge in [-0.15, -0.1) is 22.7 Å². The lowest BCUT2D eigenvalue weighted by Gasteiger charge is -2.17. The van der Waals surface area contributed by atoms with Crippen molar-refractivity contribution >= 4 is 46.0 Å². The van der Waals surface area contributed by atoms with Gasteiger partial charge in [0.05, 0.1) is 5.69 Å². The molecule has 0 radical (unpaired) electrons. The number of hydrogen-bond acceptors (Lipinski definition) is 4. The van der Waals surface area contributed by atoms with E-state index < -0.39 is 0 Å². The first-order chi connectivity index (χ1) is 10.7. The number of aromatic nitrogens is 1. The maximum Gasteiger partial charge on any atom is 0.320 e. The highest BCUT2D eigenvalue weighted by molar-refractivity contribution is 7.15. The van der Waals surface area contributed by atoms with E-state index in [0.29, 0.717) is 10.0 Å². The van der Waals surface area contributed by atoms with E-state index in [1.165, 1.54) is 22.7 Å². The van der Waals surface area contributed by atoms with Crippen LogP contribution in [-0.4, -0.2) is 11.0 Å². The number of anilines is 1. The molecule has 0 fully saturated rings. The van der Waals surface area contributed by atoms with Gasteiger partial charge >= 0.3 is 6.03 Å². The number of nitrogens with zero attached hydrogens (tertiary/aromatic N) is 1. The van der Waals surface area contributed by atoms with Gasteiger partial charge in [0.2, 0.25) is 0 Å². The third-order valence-corrected chi connectivity index (χ3v) is 4.98. The van der Waals surface area contributed by atoms with Crippen LogP contribution in [0.5, 0.6) is 0 Å². The zero-order chi connectivity index (χ0) is 15.4. The lowest BCUT2D eigenvalue weighted by molar-refractivity contribution is 0.250. The number of nitrogens with one attached hydrogen (secondary N) is 2. The summed E-state index contributed by atoms with van der Waals surface area (Å²) in [5, 5.41) is 10.3. The van der Waals surface area contributed by atoms with Crippen LogP contribution in [0.2, 0.25) is 4.34 Å². The van der Waals surface area contributed by atoms with E-state index in [1.807, 2.05) is 41.1 Å². The van der Waals surface area contributed by atoms with Crippen LogP contribution >= 0.6 is 34.3 Å². The summed E-state index contributed by atoms with van der Waals surface area (Å²) >= 11 is 8.88. The Hall–Kier alpha value is -1.89. The Kier molecular flexibility index (Phi) is 4.72. The molecule has 0 aliphatic rings. The zero-order valence-corrected chi connectivity index (χ0v) is 13.7. The molecule has 2 aromatic heterocycles. The van der Waals surface area contributed by atoms with Crippen molar-refractivity contribution in [3.05, 3.63) is 68.3 Å². The minimum atomic E-state index is -0.315. The highest BCUT2D eigenvalue weighted by atomic mass is 35.5. The summed E-state index contributed by atoms with van der Waals surface area (Å²) in [5.74, 6) is 0. The van der Waals surface area contributed by atoms with Crippen LogP contribution in [0.25, 0.3) is 0 Å². The molecule has 1 atom stereocenters. The van der Waals surface area contributed by atoms with Crippen LogP contribution in [-0.2, 0) is 0 Å². The Balaban J connectivity index is 1.79. The first-order valence-corrected chi connectivity index (χ1v) is 8.62. The number of rotatable bonds is 4. The largest absolute Gasteiger partial charge is 0.324 e. The molecule has 2 N–H and O–H groups in total. The van der Waals surface area contributed by atoms with E-state index in [4.69, 9.17) is 11.6 Å². The molecular formula is C15H12ClN3OS2.